The summed E-state index contributed by atoms with van der Waals surface area (Å²) in [6.45, 7) is 4.01. The van der Waals surface area contributed by atoms with E-state index in [1.165, 1.54) is 22.3 Å². The summed E-state index contributed by atoms with van der Waals surface area (Å²) in [4.78, 5) is 31.6. The van der Waals surface area contributed by atoms with Crippen molar-refractivity contribution in [3.8, 4) is 11.5 Å². The molecule has 4 N–H and O–H groups in total. The SMILES string of the molecule is O=C1NS(=O)(=O)[C@@H]2CCCC(CC[C@H](O)[C@@H]3CC[C@H]3CN3C[C@@]4(CCCc5cc(Cl)ccc54)COc4ccc1cc43)C2.O=C1NS(=O)(=O)[C@H]2CCC[C@H](CC[C@H](O)[C@@H]3CC[C@H]3CN3C[C@@]4(CCCc5cc(Cl)ccc54)COc4ccc1cc43)C2. The third-order valence-corrected chi connectivity index (χ3v) is 26.0. The quantitative estimate of drug-likeness (QED) is 0.130. The Kier molecular flexibility index (Phi) is 16.4. The molecule has 0 saturated heterocycles. The van der Waals surface area contributed by atoms with E-state index >= 15 is 0 Å². The molecule has 0 radical (unpaired) electrons. The smallest absolute Gasteiger partial charge is 0.264 e. The van der Waals surface area contributed by atoms with Crippen molar-refractivity contribution in [3.63, 3.8) is 0 Å². The number of amides is 2. The maximum Gasteiger partial charge on any atom is 0.264 e. The van der Waals surface area contributed by atoms with Gasteiger partial charge in [0.05, 0.1) is 47.3 Å². The highest BCUT2D eigenvalue weighted by Crippen LogP contribution is 2.50. The van der Waals surface area contributed by atoms with Gasteiger partial charge in [-0.1, -0.05) is 61.0 Å². The first-order valence-corrected chi connectivity index (χ1v) is 35.4. The third-order valence-electron chi connectivity index (χ3n) is 22.0. The van der Waals surface area contributed by atoms with Crippen molar-refractivity contribution >= 4 is 66.4 Å². The fourth-order valence-corrected chi connectivity index (χ4v) is 20.6. The third kappa shape index (κ3) is 11.6. The van der Waals surface area contributed by atoms with Gasteiger partial charge in [0.25, 0.3) is 11.8 Å². The fraction of sp³-hybridized carbons (Fsp3) is 0.606. The van der Waals surface area contributed by atoms with Crippen LogP contribution in [0.15, 0.2) is 72.8 Å². The topological polar surface area (TPSA) is 192 Å². The van der Waals surface area contributed by atoms with Crippen molar-refractivity contribution in [2.24, 2.45) is 35.5 Å². The van der Waals surface area contributed by atoms with Gasteiger partial charge in [-0.25, -0.2) is 26.3 Å². The predicted molar refractivity (Wildman–Crippen MR) is 328 cm³/mol. The Bertz CT molecular complexity index is 3180. The van der Waals surface area contributed by atoms with Gasteiger partial charge in [0.2, 0.25) is 20.0 Å². The number of rotatable bonds is 0. The van der Waals surface area contributed by atoms with Crippen molar-refractivity contribution in [1.29, 1.82) is 0 Å². The van der Waals surface area contributed by atoms with Crippen LogP contribution in [0.3, 0.4) is 0 Å². The number of ether oxygens (including phenoxy) is 2. The molecule has 2 amide bonds. The van der Waals surface area contributed by atoms with Gasteiger partial charge in [-0.15, -0.1) is 0 Å². The molecule has 4 aromatic carbocycles. The zero-order valence-electron chi connectivity index (χ0n) is 48.1. The van der Waals surface area contributed by atoms with Crippen LogP contribution in [0.2, 0.25) is 10.0 Å². The monoisotopic (exact) mass is 1220 g/mol. The summed E-state index contributed by atoms with van der Waals surface area (Å²) in [5, 5.41) is 23.0. The van der Waals surface area contributed by atoms with Gasteiger partial charge in [-0.2, -0.15) is 0 Å². The first kappa shape index (κ1) is 58.4. The predicted octanol–water partition coefficient (Wildman–Crippen LogP) is 11.2. The molecule has 2 spiro atoms. The van der Waals surface area contributed by atoms with Crippen molar-refractivity contribution in [2.45, 2.75) is 175 Å². The minimum Gasteiger partial charge on any atom is -0.490 e. The molecule has 4 fully saturated rings. The summed E-state index contributed by atoms with van der Waals surface area (Å²) >= 11 is 12.8. The van der Waals surface area contributed by atoms with Crippen molar-refractivity contribution in [1.82, 2.24) is 9.44 Å². The van der Waals surface area contributed by atoms with Crippen LogP contribution in [0.5, 0.6) is 11.5 Å². The molecule has 18 heteroatoms. The molecule has 4 heterocycles. The van der Waals surface area contributed by atoms with Crippen LogP contribution in [0.4, 0.5) is 11.4 Å². The van der Waals surface area contributed by atoms with Crippen LogP contribution in [0.1, 0.15) is 171 Å². The van der Waals surface area contributed by atoms with Gasteiger partial charge in [0, 0.05) is 58.2 Å². The van der Waals surface area contributed by atoms with E-state index < -0.39 is 42.4 Å². The van der Waals surface area contributed by atoms with E-state index in [9.17, 15) is 36.6 Å². The number of aliphatic hydroxyl groups excluding tert-OH is 2. The molecular formula is C66H82Cl2N4O10S2. The van der Waals surface area contributed by atoms with Crippen LogP contribution in [-0.4, -0.2) is 101 Å². The highest BCUT2D eigenvalue weighted by molar-refractivity contribution is 7.91. The van der Waals surface area contributed by atoms with Gasteiger partial charge < -0.3 is 29.5 Å². The molecule has 0 aromatic heterocycles. The second kappa shape index (κ2) is 23.5. The van der Waals surface area contributed by atoms with Gasteiger partial charge in [-0.05, 0) is 234 Å². The normalized spacial score (nSPS) is 34.2. The highest BCUT2D eigenvalue weighted by atomic mass is 35.5. The minimum atomic E-state index is -3.82. The number of carbonyl (C=O) groups excluding carboxylic acids is 2. The average molecular weight is 1230 g/mol. The lowest BCUT2D eigenvalue weighted by atomic mass is 9.67. The Balaban J connectivity index is 0.000000157. The number of aryl methyl sites for hydroxylation is 2. The molecule has 12 atom stereocenters. The molecule has 10 aliphatic rings. The molecule has 14 nitrogen and oxygen atoms in total. The van der Waals surface area contributed by atoms with E-state index in [1.807, 2.05) is 36.4 Å². The van der Waals surface area contributed by atoms with E-state index in [1.54, 1.807) is 12.1 Å². The molecule has 452 valence electrons. The number of hydrogen-bond acceptors (Lipinski definition) is 12. The summed E-state index contributed by atoms with van der Waals surface area (Å²) in [5.74, 6) is 1.92. The second-order valence-electron chi connectivity index (χ2n) is 27.1. The summed E-state index contributed by atoms with van der Waals surface area (Å²) in [5.41, 5.74) is 6.91. The fourth-order valence-electron chi connectivity index (χ4n) is 17.1. The largest absolute Gasteiger partial charge is 0.490 e. The molecule has 4 aliphatic heterocycles. The van der Waals surface area contributed by atoms with Crippen LogP contribution >= 0.6 is 23.2 Å². The molecule has 1 unspecified atom stereocenters. The molecule has 4 aromatic rings. The lowest BCUT2D eigenvalue weighted by molar-refractivity contribution is 0.00580. The summed E-state index contributed by atoms with van der Waals surface area (Å²) in [6.07, 6.45) is 18.3. The summed E-state index contributed by atoms with van der Waals surface area (Å²) in [7, 11) is -7.64. The summed E-state index contributed by atoms with van der Waals surface area (Å²) < 4.78 is 71.3. The number of carbonyl (C=O) groups is 2. The number of fused-ring (bicyclic) bond motifs is 12. The maximum absolute atomic E-state index is 13.4. The van der Waals surface area contributed by atoms with Gasteiger partial charge in [0.15, 0.2) is 0 Å². The van der Waals surface area contributed by atoms with Crippen LogP contribution in [-0.2, 0) is 43.7 Å². The first-order valence-electron chi connectivity index (χ1n) is 31.5. The average Bonchev–Trinajstić information content (AvgIpc) is 2.46. The van der Waals surface area contributed by atoms with E-state index in [0.717, 1.165) is 150 Å². The Morgan fingerprint density at radius 1 is 0.512 bits per heavy atom. The Morgan fingerprint density at radius 3 is 1.37 bits per heavy atom. The maximum atomic E-state index is 13.4. The zero-order chi connectivity index (χ0) is 58.1. The number of nitrogens with one attached hydrogen (secondary N) is 2. The van der Waals surface area contributed by atoms with E-state index in [4.69, 9.17) is 32.7 Å². The summed E-state index contributed by atoms with van der Waals surface area (Å²) in [6, 6.07) is 23.0. The first-order chi connectivity index (χ1) is 40.4. The van der Waals surface area contributed by atoms with Gasteiger partial charge >= 0.3 is 0 Å². The zero-order valence-corrected chi connectivity index (χ0v) is 51.3. The Hall–Kier alpha value is -4.58. The van der Waals surface area contributed by atoms with Crippen molar-refractivity contribution in [3.05, 3.63) is 116 Å². The minimum absolute atomic E-state index is 0.230. The van der Waals surface area contributed by atoms with Crippen LogP contribution < -0.4 is 28.7 Å². The molecule has 8 bridgehead atoms. The highest BCUT2D eigenvalue weighted by Gasteiger charge is 2.48. The lowest BCUT2D eigenvalue weighted by Gasteiger charge is -2.46. The van der Waals surface area contributed by atoms with Gasteiger partial charge in [0.1, 0.15) is 11.5 Å². The van der Waals surface area contributed by atoms with E-state index in [2.05, 4.69) is 43.5 Å². The van der Waals surface area contributed by atoms with Crippen LogP contribution in [0.25, 0.3) is 0 Å². The number of aliphatic hydroxyl groups is 2. The van der Waals surface area contributed by atoms with Crippen molar-refractivity contribution in [2.75, 3.05) is 49.2 Å². The molecular weight excluding hydrogens is 1140 g/mol. The number of nitrogens with zero attached hydrogens (tertiary/aromatic N) is 2. The Labute approximate surface area is 506 Å². The number of sulfonamides is 2. The second-order valence-corrected chi connectivity index (χ2v) is 31.9. The number of benzene rings is 4. The number of halogens is 2. The van der Waals surface area contributed by atoms with Crippen molar-refractivity contribution < 1.29 is 46.1 Å². The molecule has 6 aliphatic carbocycles. The molecule has 4 saturated carbocycles. The number of anilines is 2. The van der Waals surface area contributed by atoms with E-state index in [-0.39, 0.29) is 46.7 Å². The number of hydrogen-bond donors (Lipinski definition) is 4. The van der Waals surface area contributed by atoms with E-state index in [0.29, 0.717) is 86.2 Å². The molecule has 84 heavy (non-hydrogen) atoms. The van der Waals surface area contributed by atoms with Crippen LogP contribution in [0, 0.1) is 35.5 Å². The lowest BCUT2D eigenvalue weighted by Crippen LogP contribution is -2.49. The standard InChI is InChI=1S/2C33H41ClN2O5S/c2*34-25-9-11-28-22(16-25)4-2-14-33(28)19-36-18-24-7-10-27(24)30(37)12-6-21-3-1-5-26(15-21)42(39,40)35-32(38)23-8-13-31(41-20-33)29(36)17-23/h2*8-9,11,13,16-17,21,24,26-27,30,37H,1-7,10,12,14-15,18-20H2,(H,35,38)/t21?,24-,26+,27+,30-,33-;21-,24+,26+,27-,30+,33+/m01/s1. The van der Waals surface area contributed by atoms with Gasteiger partial charge in [-0.3, -0.25) is 9.59 Å². The molecule has 14 rings (SSSR count). The Morgan fingerprint density at radius 2 is 0.952 bits per heavy atom.